The van der Waals surface area contributed by atoms with Crippen LogP contribution in [0.5, 0.6) is 0 Å². The zero-order chi connectivity index (χ0) is 29.7. The summed E-state index contributed by atoms with van der Waals surface area (Å²) in [5.74, 6) is -0.152. The molecule has 3 aromatic heterocycles. The van der Waals surface area contributed by atoms with Crippen LogP contribution in [-0.2, 0) is 0 Å². The molecule has 0 aliphatic carbocycles. The molecule has 0 unspecified atom stereocenters. The highest BCUT2D eigenvalue weighted by atomic mass is 35.5. The van der Waals surface area contributed by atoms with Crippen LogP contribution in [0, 0.1) is 19.7 Å². The van der Waals surface area contributed by atoms with Crippen molar-refractivity contribution in [3.05, 3.63) is 74.7 Å². The molecule has 11 heteroatoms. The molecule has 1 aliphatic rings. The van der Waals surface area contributed by atoms with Gasteiger partial charge in [-0.1, -0.05) is 37.1 Å². The van der Waals surface area contributed by atoms with Crippen LogP contribution >= 0.6 is 11.6 Å². The fourth-order valence-corrected chi connectivity index (χ4v) is 5.95. The van der Waals surface area contributed by atoms with Gasteiger partial charge in [-0.2, -0.15) is 4.98 Å². The van der Waals surface area contributed by atoms with Crippen molar-refractivity contribution in [2.45, 2.75) is 59.5 Å². The molecule has 4 heterocycles. The van der Waals surface area contributed by atoms with Crippen molar-refractivity contribution in [3.63, 3.8) is 0 Å². The number of hydrogen-bond donors (Lipinski definition) is 1. The molecule has 0 bridgehead atoms. The van der Waals surface area contributed by atoms with Gasteiger partial charge in [0.05, 0.1) is 27.5 Å². The maximum absolute atomic E-state index is 15.1. The molecule has 1 fully saturated rings. The number of halogens is 2. The summed E-state index contributed by atoms with van der Waals surface area (Å²) in [4.78, 5) is 43.0. The van der Waals surface area contributed by atoms with Gasteiger partial charge in [0.1, 0.15) is 11.6 Å². The number of carboxylic acid groups (broad SMARTS) is 1. The number of carbonyl (C=O) groups is 1. The summed E-state index contributed by atoms with van der Waals surface area (Å²) in [6, 6.07) is 7.61. The van der Waals surface area contributed by atoms with Crippen LogP contribution in [0.3, 0.4) is 0 Å². The van der Waals surface area contributed by atoms with Gasteiger partial charge in [0.25, 0.3) is 0 Å². The maximum atomic E-state index is 15.1. The zero-order valence-electron chi connectivity index (χ0n) is 23.8. The number of hydrogen-bond acceptors (Lipinski definition) is 6. The highest BCUT2D eigenvalue weighted by molar-refractivity contribution is 6.33. The quantitative estimate of drug-likeness (QED) is 0.319. The number of amides is 1. The predicted octanol–water partition coefficient (Wildman–Crippen LogP) is 5.95. The summed E-state index contributed by atoms with van der Waals surface area (Å²) in [5.41, 5.74) is 3.01. The molecule has 41 heavy (non-hydrogen) atoms. The van der Waals surface area contributed by atoms with Crippen molar-refractivity contribution in [2.24, 2.45) is 0 Å². The van der Waals surface area contributed by atoms with Crippen LogP contribution in [0.4, 0.5) is 15.0 Å². The number of benzene rings is 1. The van der Waals surface area contributed by atoms with Gasteiger partial charge in [0.15, 0.2) is 5.65 Å². The van der Waals surface area contributed by atoms with Gasteiger partial charge in [-0.05, 0) is 63.4 Å². The Balaban J connectivity index is 1.87. The lowest BCUT2D eigenvalue weighted by Crippen LogP contribution is -2.58. The van der Waals surface area contributed by atoms with Gasteiger partial charge in [-0.15, -0.1) is 0 Å². The second kappa shape index (κ2) is 10.7. The number of rotatable bonds is 4. The van der Waals surface area contributed by atoms with E-state index in [1.165, 1.54) is 15.5 Å². The zero-order valence-corrected chi connectivity index (χ0v) is 24.6. The smallest absolute Gasteiger partial charge is 0.407 e. The van der Waals surface area contributed by atoms with E-state index < -0.39 is 17.6 Å². The Hall–Kier alpha value is -4.05. The van der Waals surface area contributed by atoms with E-state index in [0.29, 0.717) is 22.6 Å². The number of fused-ring (bicyclic) bond motifs is 1. The van der Waals surface area contributed by atoms with Crippen LogP contribution < -0.4 is 10.6 Å². The van der Waals surface area contributed by atoms with Crippen LogP contribution in [0.15, 0.2) is 41.3 Å². The van der Waals surface area contributed by atoms with Crippen molar-refractivity contribution >= 4 is 34.5 Å². The second-order valence-electron chi connectivity index (χ2n) is 11.0. The largest absolute Gasteiger partial charge is 0.465 e. The first kappa shape index (κ1) is 28.5. The van der Waals surface area contributed by atoms with Crippen molar-refractivity contribution in [2.75, 3.05) is 18.0 Å². The third-order valence-corrected chi connectivity index (χ3v) is 7.83. The fourth-order valence-electron chi connectivity index (χ4n) is 5.69. The van der Waals surface area contributed by atoms with Crippen LogP contribution in [0.1, 0.15) is 50.4 Å². The number of nitrogens with zero attached hydrogens (tertiary/aromatic N) is 6. The number of piperazine rings is 1. The van der Waals surface area contributed by atoms with Crippen LogP contribution in [0.25, 0.3) is 28.0 Å². The molecular formula is C30H32ClFN6O3. The van der Waals surface area contributed by atoms with Crippen molar-refractivity contribution in [1.82, 2.24) is 24.4 Å². The lowest BCUT2D eigenvalue weighted by molar-refractivity contribution is 0.128. The van der Waals surface area contributed by atoms with E-state index in [-0.39, 0.29) is 53.0 Å². The van der Waals surface area contributed by atoms with Gasteiger partial charge >= 0.3 is 11.8 Å². The molecule has 1 aromatic carbocycles. The van der Waals surface area contributed by atoms with E-state index in [2.05, 4.69) is 9.97 Å². The van der Waals surface area contributed by atoms with Gasteiger partial charge in [0.2, 0.25) is 0 Å². The van der Waals surface area contributed by atoms with E-state index in [1.54, 1.807) is 24.4 Å². The summed E-state index contributed by atoms with van der Waals surface area (Å²) < 4.78 is 16.5. The average molecular weight is 579 g/mol. The molecule has 0 saturated carbocycles. The van der Waals surface area contributed by atoms with Gasteiger partial charge in [-0.25, -0.2) is 23.5 Å². The second-order valence-corrected chi connectivity index (χ2v) is 11.4. The van der Waals surface area contributed by atoms with Crippen LogP contribution in [-0.4, -0.2) is 60.8 Å². The molecule has 1 amide bonds. The molecular weight excluding hydrogens is 547 g/mol. The highest BCUT2D eigenvalue weighted by Gasteiger charge is 2.35. The maximum Gasteiger partial charge on any atom is 0.407 e. The SMILES string of the molecule is Cc1ccc(F)c(-c2nc3c(cc2Cl)c(N2[C@H](C)CN(C(=O)O)C[C@@H]2C)nc(=O)n3-c2c(C)ccnc2C(C)C)c1. The van der Waals surface area contributed by atoms with Crippen molar-refractivity contribution in [1.29, 1.82) is 0 Å². The Morgan fingerprint density at radius 1 is 1.10 bits per heavy atom. The molecule has 0 spiro atoms. The predicted molar refractivity (Wildman–Crippen MR) is 158 cm³/mol. The Morgan fingerprint density at radius 3 is 2.41 bits per heavy atom. The summed E-state index contributed by atoms with van der Waals surface area (Å²) >= 11 is 6.80. The molecule has 2 atom stereocenters. The number of aromatic nitrogens is 4. The Morgan fingerprint density at radius 2 is 1.78 bits per heavy atom. The van der Waals surface area contributed by atoms with E-state index in [1.807, 2.05) is 52.5 Å². The summed E-state index contributed by atoms with van der Waals surface area (Å²) in [6.45, 7) is 12.0. The van der Waals surface area contributed by atoms with Crippen molar-refractivity contribution in [3.8, 4) is 16.9 Å². The van der Waals surface area contributed by atoms with E-state index in [0.717, 1.165) is 11.1 Å². The minimum absolute atomic E-state index is 0.0170. The lowest BCUT2D eigenvalue weighted by Gasteiger charge is -2.44. The summed E-state index contributed by atoms with van der Waals surface area (Å²) in [6.07, 6.45) is 0.700. The summed E-state index contributed by atoms with van der Waals surface area (Å²) in [7, 11) is 0. The highest BCUT2D eigenvalue weighted by Crippen LogP contribution is 2.37. The molecule has 0 radical (unpaired) electrons. The third kappa shape index (κ3) is 5.01. The molecule has 1 aliphatic heterocycles. The molecule has 1 N–H and O–H groups in total. The van der Waals surface area contributed by atoms with Gasteiger partial charge in [0, 0.05) is 36.9 Å². The average Bonchev–Trinajstić information content (AvgIpc) is 2.90. The normalized spacial score (nSPS) is 17.5. The first-order valence-electron chi connectivity index (χ1n) is 13.5. The Kier molecular flexibility index (Phi) is 7.46. The first-order chi connectivity index (χ1) is 19.4. The number of pyridine rings is 2. The fraction of sp³-hybridized carbons (Fsp3) is 0.367. The van der Waals surface area contributed by atoms with E-state index >= 15 is 4.39 Å². The number of anilines is 1. The standard InChI is InChI=1S/C30H32ClFN6O3/c1-15(2)24-26(17(4)9-10-33-24)38-27-21(12-22(31)25(34-27)20-11-16(3)7-8-23(20)32)28(35-29(38)39)37-18(5)13-36(30(40)41)14-19(37)6/h7-12,15,18-19H,13-14H2,1-6H3,(H,40,41)/t18-,19+. The monoisotopic (exact) mass is 578 g/mol. The minimum Gasteiger partial charge on any atom is -0.465 e. The molecule has 1 saturated heterocycles. The third-order valence-electron chi connectivity index (χ3n) is 7.54. The topological polar surface area (TPSA) is 104 Å². The minimum atomic E-state index is -1.00. The van der Waals surface area contributed by atoms with Crippen molar-refractivity contribution < 1.29 is 14.3 Å². The van der Waals surface area contributed by atoms with Gasteiger partial charge in [-0.3, -0.25) is 4.98 Å². The Bertz CT molecular complexity index is 1730. The Labute approximate surface area is 242 Å². The lowest BCUT2D eigenvalue weighted by atomic mass is 10.0. The first-order valence-corrected chi connectivity index (χ1v) is 13.9. The van der Waals surface area contributed by atoms with E-state index in [4.69, 9.17) is 16.6 Å². The van der Waals surface area contributed by atoms with Gasteiger partial charge < -0.3 is 14.9 Å². The number of aryl methyl sites for hydroxylation is 2. The molecule has 4 aromatic rings. The molecule has 214 valence electrons. The van der Waals surface area contributed by atoms with E-state index in [9.17, 15) is 14.7 Å². The molecule has 5 rings (SSSR count). The molecule has 9 nitrogen and oxygen atoms in total. The van der Waals surface area contributed by atoms with Crippen LogP contribution in [0.2, 0.25) is 5.02 Å². The summed E-state index contributed by atoms with van der Waals surface area (Å²) in [5, 5.41) is 10.3.